The quantitative estimate of drug-likeness (QED) is 0.522. The first-order chi connectivity index (χ1) is 14.1. The van der Waals surface area contributed by atoms with Gasteiger partial charge in [0.1, 0.15) is 11.4 Å². The number of ketones is 1. The third-order valence-corrected chi connectivity index (χ3v) is 9.74. The average molecular weight is 417 g/mol. The topological polar surface area (TPSA) is 89.9 Å². The Morgan fingerprint density at radius 1 is 1.20 bits per heavy atom. The van der Waals surface area contributed by atoms with Crippen LogP contribution in [0.1, 0.15) is 65.2 Å². The van der Waals surface area contributed by atoms with E-state index in [1.807, 2.05) is 6.08 Å². The maximum absolute atomic E-state index is 12.9. The fourth-order valence-corrected chi connectivity index (χ4v) is 8.26. The number of hydrogen-bond acceptors (Lipinski definition) is 6. The Kier molecular flexibility index (Phi) is 4.32. The molecule has 8 atom stereocenters. The van der Waals surface area contributed by atoms with Gasteiger partial charge in [0.15, 0.2) is 0 Å². The molecule has 1 heterocycles. The van der Waals surface area contributed by atoms with Crippen molar-refractivity contribution in [3.05, 3.63) is 11.6 Å². The van der Waals surface area contributed by atoms with Crippen LogP contribution < -0.4 is 0 Å². The maximum Gasteiger partial charge on any atom is 0.312 e. The van der Waals surface area contributed by atoms with Crippen LogP contribution in [0.15, 0.2) is 11.6 Å². The highest BCUT2D eigenvalue weighted by molar-refractivity contribution is 5.84. The first kappa shape index (κ1) is 20.2. The molecule has 0 aromatic heterocycles. The van der Waals surface area contributed by atoms with E-state index in [1.165, 1.54) is 7.11 Å². The number of esters is 2. The van der Waals surface area contributed by atoms with Gasteiger partial charge in [-0.15, -0.1) is 0 Å². The van der Waals surface area contributed by atoms with Crippen LogP contribution >= 0.6 is 0 Å². The number of hydrogen-bond donors (Lipinski definition) is 1. The van der Waals surface area contributed by atoms with Crippen molar-refractivity contribution in [2.24, 2.45) is 34.5 Å². The van der Waals surface area contributed by atoms with Crippen LogP contribution in [-0.2, 0) is 23.9 Å². The third-order valence-electron chi connectivity index (χ3n) is 9.74. The molecule has 6 nitrogen and oxygen atoms in total. The predicted octanol–water partition coefficient (Wildman–Crippen LogP) is 2.96. The summed E-state index contributed by atoms with van der Waals surface area (Å²) in [5, 5.41) is 11.6. The van der Waals surface area contributed by atoms with E-state index in [4.69, 9.17) is 9.47 Å². The minimum absolute atomic E-state index is 0.0770. The fraction of sp³-hybridized carbons (Fsp3) is 0.792. The highest BCUT2D eigenvalue weighted by atomic mass is 16.6. The third kappa shape index (κ3) is 2.43. The highest BCUT2D eigenvalue weighted by Crippen LogP contribution is 2.70. The molecule has 30 heavy (non-hydrogen) atoms. The van der Waals surface area contributed by atoms with E-state index in [0.29, 0.717) is 38.5 Å². The van der Waals surface area contributed by atoms with Crippen molar-refractivity contribution < 1.29 is 29.0 Å². The number of carbonyl (C=O) groups is 3. The predicted molar refractivity (Wildman–Crippen MR) is 107 cm³/mol. The van der Waals surface area contributed by atoms with Crippen LogP contribution in [0, 0.1) is 34.5 Å². The Morgan fingerprint density at radius 2 is 1.97 bits per heavy atom. The van der Waals surface area contributed by atoms with Gasteiger partial charge in [0.25, 0.3) is 0 Å². The van der Waals surface area contributed by atoms with Crippen LogP contribution in [0.4, 0.5) is 0 Å². The van der Waals surface area contributed by atoms with E-state index < -0.39 is 17.6 Å². The van der Waals surface area contributed by atoms with E-state index in [0.717, 1.165) is 18.4 Å². The zero-order chi connectivity index (χ0) is 21.5. The molecule has 4 fully saturated rings. The number of methoxy groups -OCH3 is 1. The largest absolute Gasteiger partial charge is 0.469 e. The van der Waals surface area contributed by atoms with Gasteiger partial charge in [0, 0.05) is 24.7 Å². The zero-order valence-electron chi connectivity index (χ0n) is 18.1. The van der Waals surface area contributed by atoms with E-state index in [9.17, 15) is 19.5 Å². The second-order valence-corrected chi connectivity index (χ2v) is 10.8. The van der Waals surface area contributed by atoms with E-state index in [2.05, 4.69) is 13.8 Å². The first-order valence-electron chi connectivity index (χ1n) is 11.4. The van der Waals surface area contributed by atoms with Crippen molar-refractivity contribution in [1.82, 2.24) is 0 Å². The number of fused-ring (bicyclic) bond motifs is 6. The van der Waals surface area contributed by atoms with Gasteiger partial charge in [-0.25, -0.2) is 0 Å². The van der Waals surface area contributed by atoms with Gasteiger partial charge < -0.3 is 14.6 Å². The molecule has 6 heteroatoms. The molecule has 3 saturated carbocycles. The smallest absolute Gasteiger partial charge is 0.312 e. The lowest BCUT2D eigenvalue weighted by Gasteiger charge is -2.61. The van der Waals surface area contributed by atoms with Gasteiger partial charge in [-0.05, 0) is 55.3 Å². The zero-order valence-corrected chi connectivity index (χ0v) is 18.1. The van der Waals surface area contributed by atoms with E-state index in [1.54, 1.807) is 0 Å². The van der Waals surface area contributed by atoms with Crippen LogP contribution in [-0.4, -0.2) is 41.6 Å². The molecule has 5 aliphatic rings. The molecule has 0 aromatic carbocycles. The summed E-state index contributed by atoms with van der Waals surface area (Å²) in [4.78, 5) is 37.2. The van der Waals surface area contributed by atoms with Gasteiger partial charge in [0.05, 0.1) is 19.1 Å². The van der Waals surface area contributed by atoms with E-state index in [-0.39, 0.29) is 46.3 Å². The summed E-state index contributed by atoms with van der Waals surface area (Å²) in [5.74, 6) is -0.728. The lowest BCUT2D eigenvalue weighted by molar-refractivity contribution is -0.192. The van der Waals surface area contributed by atoms with Crippen molar-refractivity contribution in [2.45, 2.75) is 76.9 Å². The second kappa shape index (κ2) is 6.41. The number of ether oxygens (including phenoxy) is 2. The fourth-order valence-electron chi connectivity index (χ4n) is 8.26. The van der Waals surface area contributed by atoms with Gasteiger partial charge in [-0.1, -0.05) is 25.5 Å². The normalized spacial score (nSPS) is 49.7. The molecule has 1 aliphatic heterocycles. The van der Waals surface area contributed by atoms with Gasteiger partial charge in [0.2, 0.25) is 0 Å². The highest BCUT2D eigenvalue weighted by Gasteiger charge is 2.70. The molecular weight excluding hydrogens is 384 g/mol. The monoisotopic (exact) mass is 416 g/mol. The van der Waals surface area contributed by atoms with Crippen molar-refractivity contribution in [3.8, 4) is 0 Å². The molecule has 1 N–H and O–H groups in total. The summed E-state index contributed by atoms with van der Waals surface area (Å²) in [6.45, 7) is 4.33. The first-order valence-corrected chi connectivity index (χ1v) is 11.4. The number of aliphatic hydroxyl groups is 1. The van der Waals surface area contributed by atoms with Gasteiger partial charge in [-0.3, -0.25) is 14.4 Å². The summed E-state index contributed by atoms with van der Waals surface area (Å²) < 4.78 is 11.1. The molecule has 0 bridgehead atoms. The molecule has 1 saturated heterocycles. The molecule has 0 amide bonds. The summed E-state index contributed by atoms with van der Waals surface area (Å²) in [5.41, 5.74) is -0.183. The van der Waals surface area contributed by atoms with Crippen LogP contribution in [0.2, 0.25) is 0 Å². The minimum Gasteiger partial charge on any atom is -0.469 e. The average Bonchev–Trinajstić information content (AvgIpc) is 3.21. The minimum atomic E-state index is -0.611. The Labute approximate surface area is 177 Å². The molecule has 4 aliphatic carbocycles. The molecule has 1 spiro atoms. The Morgan fingerprint density at radius 3 is 2.63 bits per heavy atom. The number of Topliss-reactive ketones (excluding diaryl/α,β-unsaturated/α-hetero) is 1. The Balaban J connectivity index is 1.63. The van der Waals surface area contributed by atoms with Gasteiger partial charge >= 0.3 is 11.9 Å². The molecule has 164 valence electrons. The van der Waals surface area contributed by atoms with E-state index >= 15 is 0 Å². The summed E-state index contributed by atoms with van der Waals surface area (Å²) in [6, 6.07) is 0. The number of carbonyl (C=O) groups excluding carboxylic acids is 3. The second-order valence-electron chi connectivity index (χ2n) is 10.8. The molecule has 0 radical (unpaired) electrons. The lowest BCUT2D eigenvalue weighted by Crippen LogP contribution is -2.62. The summed E-state index contributed by atoms with van der Waals surface area (Å²) in [6.07, 6.45) is 6.34. The van der Waals surface area contributed by atoms with Gasteiger partial charge in [-0.2, -0.15) is 0 Å². The Bertz CT molecular complexity index is 847. The van der Waals surface area contributed by atoms with Crippen molar-refractivity contribution >= 4 is 17.7 Å². The molecular formula is C24H32O6. The summed E-state index contributed by atoms with van der Waals surface area (Å²) in [7, 11) is 1.41. The van der Waals surface area contributed by atoms with Crippen molar-refractivity contribution in [2.75, 3.05) is 7.11 Å². The molecule has 5 unspecified atom stereocenters. The standard InChI is InChI=1S/C24H32O6/c1-22-7-4-14(25)10-13(22)11-15(21(28)29-3)19-16-5-8-24(9-6-18(27)30-24)23(16,2)12-17(26)20(19)22/h11,15-17,19-20,26H,4-10,12H2,1-3H3/t15?,16?,17?,19?,20?,22-,23-,24+/m0/s1. The van der Waals surface area contributed by atoms with Crippen LogP contribution in [0.3, 0.4) is 0 Å². The van der Waals surface area contributed by atoms with Crippen LogP contribution in [0.25, 0.3) is 0 Å². The molecule has 0 aromatic rings. The summed E-state index contributed by atoms with van der Waals surface area (Å²) >= 11 is 0. The lowest BCUT2D eigenvalue weighted by atomic mass is 9.44. The number of aliphatic hydroxyl groups excluding tert-OH is 1. The van der Waals surface area contributed by atoms with Crippen molar-refractivity contribution in [1.29, 1.82) is 0 Å². The maximum atomic E-state index is 12.9. The van der Waals surface area contributed by atoms with Crippen molar-refractivity contribution in [3.63, 3.8) is 0 Å². The number of rotatable bonds is 1. The Hall–Kier alpha value is -1.69. The SMILES string of the molecule is COC(=O)C1C=C2CC(=O)CC[C@]2(C)C2C(O)C[C@@]3(C)C(CC[C@@]34CCC(=O)O4)C12. The van der Waals surface area contributed by atoms with Crippen LogP contribution in [0.5, 0.6) is 0 Å². The number of allylic oxidation sites excluding steroid dienone is 1. The molecule has 5 rings (SSSR count).